The third kappa shape index (κ3) is 2.44. The highest BCUT2D eigenvalue weighted by molar-refractivity contribution is 5.91. The summed E-state index contributed by atoms with van der Waals surface area (Å²) >= 11 is 0. The van der Waals surface area contributed by atoms with Crippen molar-refractivity contribution in [2.24, 2.45) is 34.5 Å². The molecular weight excluding hydrogens is 330 g/mol. The van der Waals surface area contributed by atoms with Crippen LogP contribution in [0.5, 0.6) is 0 Å². The number of aromatic nitrogens is 1. The normalized spacial score (nSPS) is 46.3. The maximum atomic E-state index is 12.1. The van der Waals surface area contributed by atoms with E-state index < -0.39 is 0 Å². The Labute approximate surface area is 163 Å². The second kappa shape index (κ2) is 6.03. The van der Waals surface area contributed by atoms with Crippen molar-refractivity contribution < 1.29 is 4.79 Å². The van der Waals surface area contributed by atoms with Crippen molar-refractivity contribution >= 4 is 5.78 Å². The largest absolute Gasteiger partial charge is 0.295 e. The Bertz CT molecular complexity index is 783. The minimum Gasteiger partial charge on any atom is -0.295 e. The van der Waals surface area contributed by atoms with Gasteiger partial charge in [-0.3, -0.25) is 9.78 Å². The van der Waals surface area contributed by atoms with E-state index in [-0.39, 0.29) is 5.41 Å². The number of pyridine rings is 1. The predicted octanol–water partition coefficient (Wildman–Crippen LogP) is 5.94. The second-order valence-electron chi connectivity index (χ2n) is 10.5. The molecule has 2 unspecified atom stereocenters. The van der Waals surface area contributed by atoms with E-state index in [9.17, 15) is 4.79 Å². The molecule has 1 aromatic heterocycles. The number of hydrogen-bond donors (Lipinski definition) is 0. The molecule has 0 radical (unpaired) electrons. The Kier molecular flexibility index (Phi) is 3.94. The summed E-state index contributed by atoms with van der Waals surface area (Å²) in [6, 6.07) is 4.41. The van der Waals surface area contributed by atoms with Crippen LogP contribution in [0.2, 0.25) is 0 Å². The fourth-order valence-corrected chi connectivity index (χ4v) is 8.11. The molecule has 3 saturated carbocycles. The molecule has 0 amide bonds. The highest BCUT2D eigenvalue weighted by atomic mass is 16.1. The maximum absolute atomic E-state index is 12.1. The Morgan fingerprint density at radius 1 is 1.11 bits per heavy atom. The monoisotopic (exact) mass is 363 g/mol. The van der Waals surface area contributed by atoms with E-state index >= 15 is 0 Å². The average Bonchev–Trinajstić information content (AvgIpc) is 3.01. The van der Waals surface area contributed by atoms with Gasteiger partial charge in [0.15, 0.2) is 5.78 Å². The van der Waals surface area contributed by atoms with Crippen LogP contribution in [0.1, 0.15) is 77.2 Å². The molecule has 0 aromatic carbocycles. The summed E-state index contributed by atoms with van der Waals surface area (Å²) in [5.41, 5.74) is 3.64. The van der Waals surface area contributed by atoms with Crippen molar-refractivity contribution in [2.45, 2.75) is 71.6 Å². The Balaban J connectivity index is 1.50. The lowest BCUT2D eigenvalue weighted by atomic mass is 9.45. The molecular formula is C25H33NO. The number of ketones is 1. The first-order chi connectivity index (χ1) is 12.9. The van der Waals surface area contributed by atoms with Gasteiger partial charge in [-0.15, -0.1) is 0 Å². The zero-order chi connectivity index (χ0) is 18.8. The van der Waals surface area contributed by atoms with Gasteiger partial charge in [0.05, 0.1) is 0 Å². The van der Waals surface area contributed by atoms with Crippen molar-refractivity contribution in [1.29, 1.82) is 0 Å². The molecule has 144 valence electrons. The van der Waals surface area contributed by atoms with Gasteiger partial charge in [0.1, 0.15) is 0 Å². The third-order valence-corrected chi connectivity index (χ3v) is 9.37. The van der Waals surface area contributed by atoms with E-state index in [0.717, 1.165) is 30.6 Å². The van der Waals surface area contributed by atoms with Crippen LogP contribution in [-0.4, -0.2) is 10.8 Å². The summed E-state index contributed by atoms with van der Waals surface area (Å²) in [4.78, 5) is 16.5. The van der Waals surface area contributed by atoms with Gasteiger partial charge in [-0.2, -0.15) is 0 Å². The molecule has 4 aliphatic carbocycles. The van der Waals surface area contributed by atoms with Crippen molar-refractivity contribution in [1.82, 2.24) is 4.98 Å². The van der Waals surface area contributed by atoms with Crippen molar-refractivity contribution in [3.63, 3.8) is 0 Å². The molecule has 0 N–H and O–H groups in total. The third-order valence-electron chi connectivity index (χ3n) is 9.37. The van der Waals surface area contributed by atoms with Crippen LogP contribution in [0.4, 0.5) is 0 Å². The fourth-order valence-electron chi connectivity index (χ4n) is 8.11. The molecule has 0 saturated heterocycles. The van der Waals surface area contributed by atoms with Gasteiger partial charge in [0, 0.05) is 18.8 Å². The summed E-state index contributed by atoms with van der Waals surface area (Å²) in [7, 11) is 0. The molecule has 3 fully saturated rings. The van der Waals surface area contributed by atoms with E-state index in [1.807, 2.05) is 12.3 Å². The molecule has 0 aliphatic heterocycles. The van der Waals surface area contributed by atoms with E-state index in [1.165, 1.54) is 43.2 Å². The number of carbonyl (C=O) groups excluding carboxylic acids is 1. The standard InChI is InChI=1S/C25H33NO/c1-16-13-19-21-7-6-20(17-5-4-12-26-15-17)24(21,2)11-9-22(19)25(3)10-8-18(27)14-23(16)25/h4-5,12,14-16,19-22H,6-11,13H2,1-3H3/t16?,19-,20?,21-,22-,24+,25+/m0/s1. The predicted molar refractivity (Wildman–Crippen MR) is 108 cm³/mol. The highest BCUT2D eigenvalue weighted by Gasteiger charge is 2.60. The first kappa shape index (κ1) is 17.6. The molecule has 7 atom stereocenters. The van der Waals surface area contributed by atoms with Crippen LogP contribution in [0.25, 0.3) is 0 Å². The van der Waals surface area contributed by atoms with Crippen molar-refractivity contribution in [3.8, 4) is 0 Å². The van der Waals surface area contributed by atoms with Crippen LogP contribution in [0.3, 0.4) is 0 Å². The van der Waals surface area contributed by atoms with Crippen LogP contribution in [0, 0.1) is 34.5 Å². The van der Waals surface area contributed by atoms with E-state index in [4.69, 9.17) is 0 Å². The zero-order valence-electron chi connectivity index (χ0n) is 17.1. The molecule has 1 heterocycles. The molecule has 1 aromatic rings. The van der Waals surface area contributed by atoms with E-state index in [2.05, 4.69) is 44.1 Å². The number of hydrogen-bond acceptors (Lipinski definition) is 2. The Hall–Kier alpha value is -1.44. The lowest BCUT2D eigenvalue weighted by Gasteiger charge is -2.59. The number of fused-ring (bicyclic) bond motifs is 5. The Morgan fingerprint density at radius 3 is 2.74 bits per heavy atom. The number of carbonyl (C=O) groups is 1. The molecule has 5 rings (SSSR count). The lowest BCUT2D eigenvalue weighted by molar-refractivity contribution is -0.118. The first-order valence-electron chi connectivity index (χ1n) is 11.1. The lowest BCUT2D eigenvalue weighted by Crippen LogP contribution is -2.52. The number of rotatable bonds is 1. The van der Waals surface area contributed by atoms with Crippen molar-refractivity contribution in [2.75, 3.05) is 0 Å². The number of allylic oxidation sites excluding steroid dienone is 1. The van der Waals surface area contributed by atoms with Gasteiger partial charge < -0.3 is 0 Å². The summed E-state index contributed by atoms with van der Waals surface area (Å²) in [5, 5.41) is 0. The van der Waals surface area contributed by atoms with Gasteiger partial charge in [-0.25, -0.2) is 0 Å². The van der Waals surface area contributed by atoms with Gasteiger partial charge in [0.25, 0.3) is 0 Å². The summed E-state index contributed by atoms with van der Waals surface area (Å²) in [6.45, 7) is 7.47. The van der Waals surface area contributed by atoms with Gasteiger partial charge in [0.2, 0.25) is 0 Å². The van der Waals surface area contributed by atoms with Gasteiger partial charge in [-0.05, 0) is 96.7 Å². The minimum absolute atomic E-state index is 0.268. The molecule has 2 nitrogen and oxygen atoms in total. The van der Waals surface area contributed by atoms with Crippen molar-refractivity contribution in [3.05, 3.63) is 41.7 Å². The Morgan fingerprint density at radius 2 is 1.96 bits per heavy atom. The number of nitrogens with zero attached hydrogens (tertiary/aromatic N) is 1. The van der Waals surface area contributed by atoms with E-state index in [0.29, 0.717) is 23.0 Å². The summed E-state index contributed by atoms with van der Waals surface area (Å²) < 4.78 is 0. The minimum atomic E-state index is 0.268. The quantitative estimate of drug-likeness (QED) is 0.618. The highest BCUT2D eigenvalue weighted by Crippen LogP contribution is 2.68. The van der Waals surface area contributed by atoms with Crippen LogP contribution in [-0.2, 0) is 4.79 Å². The molecule has 2 heteroatoms. The maximum Gasteiger partial charge on any atom is 0.155 e. The SMILES string of the molecule is CC1C[C@@H]2[C@H](CC[C@]3(C)C(c4cccnc4)CC[C@@H]23)[C@@]2(C)CCC(=O)C=C12. The summed E-state index contributed by atoms with van der Waals surface area (Å²) in [6.07, 6.45) is 14.6. The molecule has 0 bridgehead atoms. The van der Waals surface area contributed by atoms with Crippen LogP contribution in [0.15, 0.2) is 36.2 Å². The first-order valence-corrected chi connectivity index (χ1v) is 11.1. The van der Waals surface area contributed by atoms with Gasteiger partial charge >= 0.3 is 0 Å². The van der Waals surface area contributed by atoms with Crippen LogP contribution >= 0.6 is 0 Å². The molecule has 4 aliphatic rings. The van der Waals surface area contributed by atoms with E-state index in [1.54, 1.807) is 0 Å². The fraction of sp³-hybridized carbons (Fsp3) is 0.680. The zero-order valence-corrected chi connectivity index (χ0v) is 17.1. The van der Waals surface area contributed by atoms with Gasteiger partial charge in [-0.1, -0.05) is 32.4 Å². The average molecular weight is 364 g/mol. The molecule has 0 spiro atoms. The topological polar surface area (TPSA) is 30.0 Å². The summed E-state index contributed by atoms with van der Waals surface area (Å²) in [5.74, 6) is 4.05. The smallest absolute Gasteiger partial charge is 0.155 e. The second-order valence-corrected chi connectivity index (χ2v) is 10.5. The van der Waals surface area contributed by atoms with Crippen LogP contribution < -0.4 is 0 Å². The molecule has 27 heavy (non-hydrogen) atoms.